The zero-order valence-corrected chi connectivity index (χ0v) is 59.4. The third-order valence-corrected chi connectivity index (χ3v) is 16.1. The molecular formula is C54H112N4O26P4S. The Morgan fingerprint density at radius 3 is 1.01 bits per heavy atom. The van der Waals surface area contributed by atoms with E-state index in [2.05, 4.69) is 21.3 Å². The molecule has 0 saturated heterocycles. The molecule has 4 unspecified atom stereocenters. The van der Waals surface area contributed by atoms with Crippen LogP contribution in [0.5, 0.6) is 0 Å². The SMILES string of the molecule is CC(C)(C)OP(=O)(O)OCCCCCCNC(=O)CCCC(=O)CSCCC(=O)NCCOCCOCCOCCOP(=O)(O)OC(C)(C)C.CC(C)(C)OP(=O)(O)OCCCCCCNC(=O)NCCOCCOCCOCCOP(=O)(O)OC(C)(C)C. The number of hydrogen-bond acceptors (Lipinski definition) is 23. The van der Waals surface area contributed by atoms with Crippen LogP contribution in [0.3, 0.4) is 0 Å². The lowest BCUT2D eigenvalue weighted by atomic mass is 10.1. The Morgan fingerprint density at radius 1 is 0.337 bits per heavy atom. The summed E-state index contributed by atoms with van der Waals surface area (Å²) in [5.41, 5.74) is -3.12. The molecule has 0 aliphatic rings. The summed E-state index contributed by atoms with van der Waals surface area (Å²) in [7, 11) is -16.3. The molecule has 0 aromatic rings. The van der Waals surface area contributed by atoms with Crippen LogP contribution in [0.15, 0.2) is 0 Å². The van der Waals surface area contributed by atoms with E-state index < -0.39 is 53.7 Å². The highest BCUT2D eigenvalue weighted by Crippen LogP contribution is 2.49. The first-order valence-electron chi connectivity index (χ1n) is 30.1. The molecule has 0 radical (unpaired) electrons. The average molecular weight is 1390 g/mol. The number of unbranched alkanes of at least 4 members (excludes halogenated alkanes) is 6. The second-order valence-electron chi connectivity index (χ2n) is 23.6. The number of ether oxygens (including phenoxy) is 6. The van der Waals surface area contributed by atoms with Crippen molar-refractivity contribution in [2.24, 2.45) is 0 Å². The van der Waals surface area contributed by atoms with E-state index in [-0.39, 0.29) is 82.7 Å². The van der Waals surface area contributed by atoms with Crippen molar-refractivity contribution in [3.05, 3.63) is 0 Å². The molecule has 0 bridgehead atoms. The van der Waals surface area contributed by atoms with Gasteiger partial charge in [-0.05, 0) is 115 Å². The molecule has 4 amide bonds. The Balaban J connectivity index is 0. The summed E-state index contributed by atoms with van der Waals surface area (Å²) in [4.78, 5) is 86.1. The first-order valence-corrected chi connectivity index (χ1v) is 37.3. The zero-order valence-electron chi connectivity index (χ0n) is 55.0. The highest BCUT2D eigenvalue weighted by molar-refractivity contribution is 7.99. The normalized spacial score (nSPS) is 15.0. The number of carbonyl (C=O) groups is 4. The van der Waals surface area contributed by atoms with Gasteiger partial charge in [-0.3, -0.25) is 50.6 Å². The zero-order chi connectivity index (χ0) is 67.8. The van der Waals surface area contributed by atoms with Gasteiger partial charge in [-0.15, -0.1) is 0 Å². The van der Waals surface area contributed by atoms with Gasteiger partial charge in [0.15, 0.2) is 0 Å². The number of rotatable bonds is 55. The van der Waals surface area contributed by atoms with Gasteiger partial charge >= 0.3 is 37.3 Å². The molecule has 4 atom stereocenters. The lowest BCUT2D eigenvalue weighted by Crippen LogP contribution is -2.37. The second kappa shape index (κ2) is 50.8. The van der Waals surface area contributed by atoms with Gasteiger partial charge in [0.2, 0.25) is 11.8 Å². The molecule has 35 heteroatoms. The first-order chi connectivity index (χ1) is 41.3. The fourth-order valence-corrected chi connectivity index (χ4v) is 11.7. The van der Waals surface area contributed by atoms with Crippen molar-refractivity contribution in [1.29, 1.82) is 0 Å². The molecule has 0 heterocycles. The molecule has 0 aliphatic heterocycles. The van der Waals surface area contributed by atoms with Crippen LogP contribution in [0.1, 0.15) is 160 Å². The Labute approximate surface area is 533 Å². The Morgan fingerprint density at radius 2 is 0.629 bits per heavy atom. The number of hydrogen-bond donors (Lipinski definition) is 8. The molecule has 0 aliphatic carbocycles. The van der Waals surface area contributed by atoms with E-state index in [4.69, 9.17) is 64.6 Å². The minimum absolute atomic E-state index is 0.0434. The number of phosphoric ester groups is 4. The predicted octanol–water partition coefficient (Wildman–Crippen LogP) is 8.32. The van der Waals surface area contributed by atoms with Gasteiger partial charge in [0, 0.05) is 51.2 Å². The number of urea groups is 1. The minimum Gasteiger partial charge on any atom is -0.377 e. The van der Waals surface area contributed by atoms with Gasteiger partial charge < -0.3 is 69.3 Å². The Hall–Kier alpha value is -1.57. The number of ketones is 1. The second-order valence-corrected chi connectivity index (χ2v) is 30.2. The Kier molecular flexibility index (Phi) is 51.1. The number of carbonyl (C=O) groups excluding carboxylic acids is 4. The van der Waals surface area contributed by atoms with Gasteiger partial charge in [0.25, 0.3) is 0 Å². The summed E-state index contributed by atoms with van der Waals surface area (Å²) >= 11 is 1.39. The van der Waals surface area contributed by atoms with Crippen LogP contribution in [0.25, 0.3) is 0 Å². The van der Waals surface area contributed by atoms with Gasteiger partial charge in [0.05, 0.1) is 134 Å². The molecular weight excluding hydrogens is 1280 g/mol. The van der Waals surface area contributed by atoms with Crippen molar-refractivity contribution in [3.63, 3.8) is 0 Å². The molecule has 530 valence electrons. The van der Waals surface area contributed by atoms with E-state index in [1.807, 2.05) is 0 Å². The standard InChI is InChI=1S/C31H62N2O14P2S.C23H50N2O12P2/c1-30(2,3)46-48(37,38)44-17-10-8-7-9-15-32-28(35)13-11-12-27(34)26-50-25-14-29(36)33-16-18-41-19-20-42-21-22-43-23-24-45-49(39,40)47-31(4,5)6;1-22(2,3)36-38(27,28)34-13-10-8-7-9-11-24-21(26)25-12-14-31-15-16-32-17-18-33-19-20-35-39(29,30)37-23(4,5)6/h7-26H2,1-6H3,(H,32,35)(H,33,36)(H,37,38)(H,39,40);7-20H2,1-6H3,(H,27,28)(H,29,30)(H2,24,25,26). The number of thioether (sulfide) groups is 1. The van der Waals surface area contributed by atoms with Gasteiger partial charge in [-0.1, -0.05) is 25.7 Å². The van der Waals surface area contributed by atoms with Crippen LogP contribution in [-0.2, 0) is 97.3 Å². The van der Waals surface area contributed by atoms with Gasteiger partial charge in [-0.25, -0.2) is 23.1 Å². The fourth-order valence-electron chi connectivity index (χ4n) is 6.56. The van der Waals surface area contributed by atoms with Crippen LogP contribution in [0.4, 0.5) is 4.79 Å². The van der Waals surface area contributed by atoms with Crippen molar-refractivity contribution in [3.8, 4) is 0 Å². The summed E-state index contributed by atoms with van der Waals surface area (Å²) in [6.07, 6.45) is 7.40. The van der Waals surface area contributed by atoms with Crippen molar-refractivity contribution >= 4 is 66.7 Å². The molecule has 0 aromatic heterocycles. The third-order valence-electron chi connectivity index (χ3n) is 9.96. The molecule has 0 spiro atoms. The topological polar surface area (TPSA) is 395 Å². The van der Waals surface area contributed by atoms with Gasteiger partial charge in [0.1, 0.15) is 5.78 Å². The van der Waals surface area contributed by atoms with E-state index in [1.165, 1.54) is 11.8 Å². The summed E-state index contributed by atoms with van der Waals surface area (Å²) in [5, 5.41) is 11.1. The maximum atomic E-state index is 12.1. The van der Waals surface area contributed by atoms with E-state index in [9.17, 15) is 57.0 Å². The van der Waals surface area contributed by atoms with Crippen molar-refractivity contribution in [2.75, 3.05) is 143 Å². The molecule has 30 nitrogen and oxygen atoms in total. The highest BCUT2D eigenvalue weighted by atomic mass is 32.2. The van der Waals surface area contributed by atoms with E-state index >= 15 is 0 Å². The largest absolute Gasteiger partial charge is 0.472 e. The molecule has 8 N–H and O–H groups in total. The van der Waals surface area contributed by atoms with Gasteiger partial charge in [-0.2, -0.15) is 11.8 Å². The predicted molar refractivity (Wildman–Crippen MR) is 337 cm³/mol. The van der Waals surface area contributed by atoms with Crippen molar-refractivity contribution < 1.29 is 122 Å². The van der Waals surface area contributed by atoms with Crippen LogP contribution >= 0.6 is 43.1 Å². The number of Topliss-reactive ketones (excluding diaryl/α,β-unsaturated/α-hetero) is 1. The molecule has 0 fully saturated rings. The van der Waals surface area contributed by atoms with E-state index in [1.54, 1.807) is 83.1 Å². The van der Waals surface area contributed by atoms with Crippen LogP contribution < -0.4 is 21.3 Å². The maximum Gasteiger partial charge on any atom is 0.472 e. The molecule has 0 saturated carbocycles. The van der Waals surface area contributed by atoms with E-state index in [0.29, 0.717) is 123 Å². The third kappa shape index (κ3) is 70.6. The summed E-state index contributed by atoms with van der Waals surface area (Å²) < 4.78 is 118. The molecule has 89 heavy (non-hydrogen) atoms. The maximum absolute atomic E-state index is 12.1. The Bertz CT molecular complexity index is 2060. The summed E-state index contributed by atoms with van der Waals surface area (Å²) in [5.74, 6) is 0.631. The summed E-state index contributed by atoms with van der Waals surface area (Å²) in [6.45, 7) is 25.4. The fraction of sp³-hybridized carbons (Fsp3) is 0.926. The lowest BCUT2D eigenvalue weighted by Gasteiger charge is -2.22. The number of amides is 4. The average Bonchev–Trinajstić information content (AvgIpc) is 3.37. The lowest BCUT2D eigenvalue weighted by molar-refractivity contribution is -0.122. The molecule has 0 rings (SSSR count). The highest BCUT2D eigenvalue weighted by Gasteiger charge is 2.31. The van der Waals surface area contributed by atoms with Crippen LogP contribution in [0, 0.1) is 0 Å². The number of nitrogens with one attached hydrogen (secondary N) is 4. The summed E-state index contributed by atoms with van der Waals surface area (Å²) in [6, 6.07) is -0.276. The first kappa shape index (κ1) is 89.5. The smallest absolute Gasteiger partial charge is 0.377 e. The number of phosphoric acid groups is 4. The van der Waals surface area contributed by atoms with Crippen molar-refractivity contribution in [1.82, 2.24) is 21.3 Å². The monoisotopic (exact) mass is 1390 g/mol. The quantitative estimate of drug-likeness (QED) is 0.0209. The molecule has 0 aromatic carbocycles. The van der Waals surface area contributed by atoms with Crippen LogP contribution in [0.2, 0.25) is 0 Å². The minimum atomic E-state index is -4.12. The van der Waals surface area contributed by atoms with Crippen molar-refractivity contribution in [2.45, 2.75) is 183 Å². The van der Waals surface area contributed by atoms with E-state index in [0.717, 1.165) is 38.5 Å². The van der Waals surface area contributed by atoms with Crippen LogP contribution in [-0.4, -0.2) is 209 Å².